The number of amides is 1. The van der Waals surface area contributed by atoms with E-state index in [0.717, 1.165) is 11.3 Å². The molecule has 4 nitrogen and oxygen atoms in total. The predicted octanol–water partition coefficient (Wildman–Crippen LogP) is 3.34. The van der Waals surface area contributed by atoms with E-state index in [2.05, 4.69) is 26.2 Å². The SMILES string of the molecule is COc1ccc(C(C)NC(=O)c2ccnc(Br)c2)cc1. The van der Waals surface area contributed by atoms with Crippen LogP contribution in [0.15, 0.2) is 47.2 Å². The van der Waals surface area contributed by atoms with Gasteiger partial charge in [-0.3, -0.25) is 4.79 Å². The maximum atomic E-state index is 12.1. The smallest absolute Gasteiger partial charge is 0.251 e. The van der Waals surface area contributed by atoms with Crippen molar-refractivity contribution in [1.82, 2.24) is 10.3 Å². The van der Waals surface area contributed by atoms with Gasteiger partial charge in [0.1, 0.15) is 10.4 Å². The van der Waals surface area contributed by atoms with Gasteiger partial charge in [0, 0.05) is 11.8 Å². The van der Waals surface area contributed by atoms with E-state index in [1.165, 1.54) is 0 Å². The molecule has 1 N–H and O–H groups in total. The van der Waals surface area contributed by atoms with Crippen LogP contribution in [0.2, 0.25) is 0 Å². The molecule has 1 aromatic heterocycles. The number of benzene rings is 1. The molecule has 0 fully saturated rings. The standard InChI is InChI=1S/C15H15BrN2O2/c1-10(11-3-5-13(20-2)6-4-11)18-15(19)12-7-8-17-14(16)9-12/h3-10H,1-2H3,(H,18,19). The summed E-state index contributed by atoms with van der Waals surface area (Å²) in [6, 6.07) is 10.9. The van der Waals surface area contributed by atoms with Gasteiger partial charge in [0.25, 0.3) is 5.91 Å². The van der Waals surface area contributed by atoms with Gasteiger partial charge in [-0.1, -0.05) is 12.1 Å². The van der Waals surface area contributed by atoms with E-state index in [0.29, 0.717) is 10.2 Å². The monoisotopic (exact) mass is 334 g/mol. The zero-order valence-corrected chi connectivity index (χ0v) is 12.8. The summed E-state index contributed by atoms with van der Waals surface area (Å²) in [6.07, 6.45) is 1.59. The Morgan fingerprint density at radius 1 is 1.30 bits per heavy atom. The molecule has 0 saturated heterocycles. The number of carbonyl (C=O) groups excluding carboxylic acids is 1. The minimum atomic E-state index is -0.128. The molecule has 0 radical (unpaired) electrons. The van der Waals surface area contributed by atoms with Crippen LogP contribution in [-0.2, 0) is 0 Å². The Labute approximate surface area is 126 Å². The fraction of sp³-hybridized carbons (Fsp3) is 0.200. The molecule has 0 aliphatic heterocycles. The van der Waals surface area contributed by atoms with Crippen molar-refractivity contribution < 1.29 is 9.53 Å². The van der Waals surface area contributed by atoms with E-state index in [-0.39, 0.29) is 11.9 Å². The first-order chi connectivity index (χ1) is 9.60. The van der Waals surface area contributed by atoms with Crippen LogP contribution in [0.1, 0.15) is 28.9 Å². The van der Waals surface area contributed by atoms with E-state index in [1.54, 1.807) is 25.4 Å². The lowest BCUT2D eigenvalue weighted by Crippen LogP contribution is -2.26. The summed E-state index contributed by atoms with van der Waals surface area (Å²) in [5.74, 6) is 0.668. The summed E-state index contributed by atoms with van der Waals surface area (Å²) in [5.41, 5.74) is 1.60. The van der Waals surface area contributed by atoms with E-state index in [4.69, 9.17) is 4.74 Å². The summed E-state index contributed by atoms with van der Waals surface area (Å²) >= 11 is 3.25. The van der Waals surface area contributed by atoms with Crippen molar-refractivity contribution in [2.24, 2.45) is 0 Å². The number of nitrogens with one attached hydrogen (secondary N) is 1. The fourth-order valence-corrected chi connectivity index (χ4v) is 2.16. The molecule has 1 heterocycles. The number of halogens is 1. The third kappa shape index (κ3) is 3.57. The Kier molecular flexibility index (Phi) is 4.74. The van der Waals surface area contributed by atoms with Crippen LogP contribution >= 0.6 is 15.9 Å². The first-order valence-electron chi connectivity index (χ1n) is 6.16. The number of nitrogens with zero attached hydrogens (tertiary/aromatic N) is 1. The summed E-state index contributed by atoms with van der Waals surface area (Å²) in [4.78, 5) is 16.1. The van der Waals surface area contributed by atoms with Crippen LogP contribution in [0.5, 0.6) is 5.75 Å². The largest absolute Gasteiger partial charge is 0.497 e. The maximum Gasteiger partial charge on any atom is 0.251 e. The molecule has 1 atom stereocenters. The van der Waals surface area contributed by atoms with Crippen molar-refractivity contribution in [2.45, 2.75) is 13.0 Å². The number of rotatable bonds is 4. The predicted molar refractivity (Wildman–Crippen MR) is 80.8 cm³/mol. The highest BCUT2D eigenvalue weighted by Crippen LogP contribution is 2.18. The van der Waals surface area contributed by atoms with Gasteiger partial charge >= 0.3 is 0 Å². The summed E-state index contributed by atoms with van der Waals surface area (Å²) < 4.78 is 5.75. The van der Waals surface area contributed by atoms with Crippen LogP contribution in [0.25, 0.3) is 0 Å². The molecule has 0 bridgehead atoms. The maximum absolute atomic E-state index is 12.1. The minimum absolute atomic E-state index is 0.0830. The van der Waals surface area contributed by atoms with Crippen molar-refractivity contribution in [1.29, 1.82) is 0 Å². The van der Waals surface area contributed by atoms with Gasteiger partial charge in [-0.15, -0.1) is 0 Å². The molecular formula is C15H15BrN2O2. The van der Waals surface area contributed by atoms with Crippen LogP contribution in [-0.4, -0.2) is 18.0 Å². The lowest BCUT2D eigenvalue weighted by atomic mass is 10.1. The third-order valence-corrected chi connectivity index (χ3v) is 3.39. The van der Waals surface area contributed by atoms with Crippen LogP contribution in [0, 0.1) is 0 Å². The first-order valence-corrected chi connectivity index (χ1v) is 6.96. The highest BCUT2D eigenvalue weighted by molar-refractivity contribution is 9.10. The highest BCUT2D eigenvalue weighted by Gasteiger charge is 2.11. The fourth-order valence-electron chi connectivity index (χ4n) is 1.80. The second-order valence-corrected chi connectivity index (χ2v) is 5.15. The zero-order valence-electron chi connectivity index (χ0n) is 11.3. The van der Waals surface area contributed by atoms with Crippen molar-refractivity contribution >= 4 is 21.8 Å². The molecule has 5 heteroatoms. The van der Waals surface area contributed by atoms with Crippen molar-refractivity contribution in [3.05, 3.63) is 58.3 Å². The molecule has 1 aromatic carbocycles. The number of methoxy groups -OCH3 is 1. The Morgan fingerprint density at radius 2 is 2.00 bits per heavy atom. The zero-order chi connectivity index (χ0) is 14.5. The van der Waals surface area contributed by atoms with Crippen molar-refractivity contribution in [2.75, 3.05) is 7.11 Å². The summed E-state index contributed by atoms with van der Waals surface area (Å²) in [6.45, 7) is 1.94. The Bertz CT molecular complexity index is 599. The lowest BCUT2D eigenvalue weighted by molar-refractivity contribution is 0.0939. The molecule has 1 unspecified atom stereocenters. The second-order valence-electron chi connectivity index (χ2n) is 4.34. The van der Waals surface area contributed by atoms with Gasteiger partial charge in [-0.05, 0) is 52.7 Å². The van der Waals surface area contributed by atoms with Crippen molar-refractivity contribution in [3.8, 4) is 5.75 Å². The Balaban J connectivity index is 2.06. The second kappa shape index (κ2) is 6.52. The normalized spacial score (nSPS) is 11.8. The summed E-state index contributed by atoms with van der Waals surface area (Å²) in [5, 5.41) is 2.95. The van der Waals surface area contributed by atoms with Gasteiger partial charge in [0.15, 0.2) is 0 Å². The van der Waals surface area contributed by atoms with E-state index in [9.17, 15) is 4.79 Å². The number of pyridine rings is 1. The average Bonchev–Trinajstić information content (AvgIpc) is 2.47. The number of hydrogen-bond donors (Lipinski definition) is 1. The molecule has 104 valence electrons. The highest BCUT2D eigenvalue weighted by atomic mass is 79.9. The van der Waals surface area contributed by atoms with Gasteiger partial charge in [-0.25, -0.2) is 4.98 Å². The van der Waals surface area contributed by atoms with E-state index < -0.39 is 0 Å². The molecule has 2 aromatic rings. The van der Waals surface area contributed by atoms with Crippen molar-refractivity contribution in [3.63, 3.8) is 0 Å². The van der Waals surface area contributed by atoms with Gasteiger partial charge < -0.3 is 10.1 Å². The lowest BCUT2D eigenvalue weighted by Gasteiger charge is -2.14. The van der Waals surface area contributed by atoms with Crippen LogP contribution in [0.3, 0.4) is 0 Å². The Hall–Kier alpha value is -1.88. The average molecular weight is 335 g/mol. The minimum Gasteiger partial charge on any atom is -0.497 e. The number of carbonyl (C=O) groups is 1. The number of hydrogen-bond acceptors (Lipinski definition) is 3. The van der Waals surface area contributed by atoms with E-state index in [1.807, 2.05) is 31.2 Å². The van der Waals surface area contributed by atoms with Crippen LogP contribution < -0.4 is 10.1 Å². The van der Waals surface area contributed by atoms with E-state index >= 15 is 0 Å². The molecule has 0 aliphatic rings. The third-order valence-electron chi connectivity index (χ3n) is 2.95. The molecule has 1 amide bonds. The van der Waals surface area contributed by atoms with Gasteiger partial charge in [-0.2, -0.15) is 0 Å². The molecule has 0 saturated carbocycles. The van der Waals surface area contributed by atoms with Gasteiger partial charge in [0.2, 0.25) is 0 Å². The Morgan fingerprint density at radius 3 is 2.60 bits per heavy atom. The molecule has 20 heavy (non-hydrogen) atoms. The van der Waals surface area contributed by atoms with Gasteiger partial charge in [0.05, 0.1) is 13.2 Å². The molecule has 2 rings (SSSR count). The number of aromatic nitrogens is 1. The number of ether oxygens (including phenoxy) is 1. The molecule has 0 spiro atoms. The topological polar surface area (TPSA) is 51.2 Å². The first kappa shape index (κ1) is 14.5. The quantitative estimate of drug-likeness (QED) is 0.872. The summed E-state index contributed by atoms with van der Waals surface area (Å²) in [7, 11) is 1.63. The molecule has 0 aliphatic carbocycles. The molecular weight excluding hydrogens is 320 g/mol. The van der Waals surface area contributed by atoms with Crippen LogP contribution in [0.4, 0.5) is 0 Å².